The van der Waals surface area contributed by atoms with Crippen molar-refractivity contribution in [2.45, 2.75) is 64.1 Å². The first-order valence-electron chi connectivity index (χ1n) is 9.48. The van der Waals surface area contributed by atoms with Crippen LogP contribution in [0.2, 0.25) is 0 Å². The fourth-order valence-electron chi connectivity index (χ4n) is 3.85. The molecular weight excluding hydrogens is 336 g/mol. The predicted molar refractivity (Wildman–Crippen MR) is 106 cm³/mol. The Labute approximate surface area is 160 Å². The van der Waals surface area contributed by atoms with E-state index in [0.29, 0.717) is 11.1 Å². The number of ketones is 2. The van der Waals surface area contributed by atoms with Crippen LogP contribution < -0.4 is 0 Å². The predicted octanol–water partition coefficient (Wildman–Crippen LogP) is 5.17. The largest absolute Gasteiger partial charge is 0.344 e. The van der Waals surface area contributed by atoms with Crippen LogP contribution in [0.4, 0.5) is 0 Å². The molecule has 4 rings (SSSR count). The molecule has 0 aromatic heterocycles. The van der Waals surface area contributed by atoms with Gasteiger partial charge in [-0.05, 0) is 27.5 Å². The van der Waals surface area contributed by atoms with Crippen molar-refractivity contribution in [2.24, 2.45) is 0 Å². The minimum absolute atomic E-state index is 0.0370. The Balaban J connectivity index is 1.81. The summed E-state index contributed by atoms with van der Waals surface area (Å²) in [5.41, 5.74) is 2.82. The Kier molecular flexibility index (Phi) is 3.61. The van der Waals surface area contributed by atoms with E-state index in [1.165, 1.54) is 11.1 Å². The highest BCUT2D eigenvalue weighted by molar-refractivity contribution is 6.34. The van der Waals surface area contributed by atoms with Gasteiger partial charge in [-0.25, -0.2) is 0 Å². The third-order valence-electron chi connectivity index (χ3n) is 5.70. The zero-order valence-electron chi connectivity index (χ0n) is 16.8. The van der Waals surface area contributed by atoms with Gasteiger partial charge in [0.1, 0.15) is 6.10 Å². The number of Topliss-reactive ketones (excluding diaryl/α,β-unsaturated/α-hetero) is 2. The van der Waals surface area contributed by atoms with Crippen molar-refractivity contribution in [3.05, 3.63) is 70.3 Å². The SMILES string of the molecule is CC(C)(C)c1cc([C@H]2OC23C(=O)c2ccccc2C3=O)cc(C(C)(C)C)c1. The first-order valence-corrected chi connectivity index (χ1v) is 9.48. The van der Waals surface area contributed by atoms with Gasteiger partial charge < -0.3 is 4.74 Å². The lowest BCUT2D eigenvalue weighted by atomic mass is 9.78. The molecule has 0 saturated carbocycles. The molecule has 2 aliphatic rings. The van der Waals surface area contributed by atoms with Crippen LogP contribution in [0.25, 0.3) is 0 Å². The van der Waals surface area contributed by atoms with Crippen LogP contribution in [0.3, 0.4) is 0 Å². The summed E-state index contributed by atoms with van der Waals surface area (Å²) in [6.07, 6.45) is -0.506. The minimum Gasteiger partial charge on any atom is -0.344 e. The van der Waals surface area contributed by atoms with E-state index in [2.05, 4.69) is 59.7 Å². The van der Waals surface area contributed by atoms with Gasteiger partial charge in [-0.2, -0.15) is 0 Å². The maximum Gasteiger partial charge on any atom is 0.224 e. The molecule has 27 heavy (non-hydrogen) atoms. The van der Waals surface area contributed by atoms with Crippen LogP contribution in [-0.4, -0.2) is 17.2 Å². The molecule has 0 amide bonds. The maximum atomic E-state index is 13.0. The summed E-state index contributed by atoms with van der Waals surface area (Å²) < 4.78 is 5.89. The van der Waals surface area contributed by atoms with Crippen molar-refractivity contribution >= 4 is 11.6 Å². The van der Waals surface area contributed by atoms with Crippen LogP contribution in [0.5, 0.6) is 0 Å². The summed E-state index contributed by atoms with van der Waals surface area (Å²) in [5.74, 6) is -0.404. The maximum absolute atomic E-state index is 13.0. The van der Waals surface area contributed by atoms with Crippen molar-refractivity contribution in [1.82, 2.24) is 0 Å². The second-order valence-corrected chi connectivity index (χ2v) is 9.78. The molecular formula is C24H26O3. The standard InChI is InChI=1S/C24H26O3/c1-22(2,3)15-11-14(12-16(13-15)23(4,5)6)21-24(27-21)19(25)17-9-7-8-10-18(17)20(24)26/h7-13,21H,1-6H3/t21-/m1/s1. The molecule has 0 N–H and O–H groups in total. The van der Waals surface area contributed by atoms with Gasteiger partial charge in [0.15, 0.2) is 0 Å². The molecule has 2 aromatic carbocycles. The second kappa shape index (κ2) is 5.39. The lowest BCUT2D eigenvalue weighted by Gasteiger charge is -2.26. The molecule has 0 unspecified atom stereocenters. The van der Waals surface area contributed by atoms with Crippen LogP contribution in [-0.2, 0) is 15.6 Å². The molecule has 1 aliphatic carbocycles. The number of hydrogen-bond acceptors (Lipinski definition) is 3. The first-order chi connectivity index (χ1) is 12.5. The van der Waals surface area contributed by atoms with Crippen molar-refractivity contribution in [2.75, 3.05) is 0 Å². The molecule has 0 bridgehead atoms. The molecule has 1 spiro atoms. The van der Waals surface area contributed by atoms with Crippen molar-refractivity contribution in [3.63, 3.8) is 0 Å². The average molecular weight is 362 g/mol. The molecule has 3 nitrogen and oxygen atoms in total. The Morgan fingerprint density at radius 3 is 1.63 bits per heavy atom. The monoisotopic (exact) mass is 362 g/mol. The highest BCUT2D eigenvalue weighted by Crippen LogP contribution is 2.57. The van der Waals surface area contributed by atoms with Gasteiger partial charge in [0.05, 0.1) is 0 Å². The van der Waals surface area contributed by atoms with Crippen LogP contribution in [0.15, 0.2) is 42.5 Å². The van der Waals surface area contributed by atoms with E-state index >= 15 is 0 Å². The van der Waals surface area contributed by atoms with Gasteiger partial charge in [-0.15, -0.1) is 0 Å². The van der Waals surface area contributed by atoms with Crippen LogP contribution in [0, 0.1) is 0 Å². The zero-order chi connectivity index (χ0) is 19.8. The Hall–Kier alpha value is -2.26. The first kappa shape index (κ1) is 18.1. The van der Waals surface area contributed by atoms with Gasteiger partial charge in [0, 0.05) is 11.1 Å². The molecule has 3 heteroatoms. The number of hydrogen-bond donors (Lipinski definition) is 0. The Bertz CT molecular complexity index is 903. The van der Waals surface area contributed by atoms with Crippen LogP contribution >= 0.6 is 0 Å². The van der Waals surface area contributed by atoms with Crippen molar-refractivity contribution in [3.8, 4) is 0 Å². The number of carbonyl (C=O) groups is 2. The van der Waals surface area contributed by atoms with Gasteiger partial charge in [0.2, 0.25) is 17.2 Å². The fraction of sp³-hybridized carbons (Fsp3) is 0.417. The molecule has 1 atom stereocenters. The van der Waals surface area contributed by atoms with E-state index < -0.39 is 11.7 Å². The smallest absolute Gasteiger partial charge is 0.224 e. The number of fused-ring (bicyclic) bond motifs is 1. The number of rotatable bonds is 1. The van der Waals surface area contributed by atoms with Gasteiger partial charge >= 0.3 is 0 Å². The van der Waals surface area contributed by atoms with E-state index in [-0.39, 0.29) is 22.4 Å². The number of epoxide rings is 1. The van der Waals surface area contributed by atoms with Crippen molar-refractivity contribution < 1.29 is 14.3 Å². The summed E-state index contributed by atoms with van der Waals surface area (Å²) in [5, 5.41) is 0. The number of benzene rings is 2. The van der Waals surface area contributed by atoms with E-state index in [1.54, 1.807) is 24.3 Å². The highest BCUT2D eigenvalue weighted by atomic mass is 16.6. The van der Waals surface area contributed by atoms with E-state index in [0.717, 1.165) is 5.56 Å². The summed E-state index contributed by atoms with van der Waals surface area (Å²) in [7, 11) is 0. The summed E-state index contributed by atoms with van der Waals surface area (Å²) in [6.45, 7) is 13.0. The summed E-state index contributed by atoms with van der Waals surface area (Å²) in [4.78, 5) is 26.0. The normalized spacial score (nSPS) is 20.9. The van der Waals surface area contributed by atoms with Crippen LogP contribution in [0.1, 0.15) is 85.1 Å². The van der Waals surface area contributed by atoms with E-state index in [1.807, 2.05) is 0 Å². The van der Waals surface area contributed by atoms with Gasteiger partial charge in [0.25, 0.3) is 0 Å². The van der Waals surface area contributed by atoms with E-state index in [9.17, 15) is 9.59 Å². The molecule has 0 radical (unpaired) electrons. The van der Waals surface area contributed by atoms with Crippen molar-refractivity contribution in [1.29, 1.82) is 0 Å². The third kappa shape index (κ3) is 2.60. The highest BCUT2D eigenvalue weighted by Gasteiger charge is 2.72. The zero-order valence-corrected chi connectivity index (χ0v) is 16.8. The fourth-order valence-corrected chi connectivity index (χ4v) is 3.85. The third-order valence-corrected chi connectivity index (χ3v) is 5.70. The average Bonchev–Trinajstić information content (AvgIpc) is 3.31. The van der Waals surface area contributed by atoms with Gasteiger partial charge in [-0.1, -0.05) is 84.0 Å². The lowest BCUT2D eigenvalue weighted by molar-refractivity contribution is 0.0785. The number of ether oxygens (including phenoxy) is 1. The molecule has 1 heterocycles. The summed E-state index contributed by atoms with van der Waals surface area (Å²) in [6, 6.07) is 13.4. The quantitative estimate of drug-likeness (QED) is 0.519. The minimum atomic E-state index is -1.35. The molecule has 1 fully saturated rings. The topological polar surface area (TPSA) is 46.7 Å². The lowest BCUT2D eigenvalue weighted by Crippen LogP contribution is -2.27. The molecule has 140 valence electrons. The molecule has 1 saturated heterocycles. The Morgan fingerprint density at radius 1 is 0.778 bits per heavy atom. The molecule has 2 aromatic rings. The van der Waals surface area contributed by atoms with Gasteiger partial charge in [-0.3, -0.25) is 9.59 Å². The molecule has 1 aliphatic heterocycles. The van der Waals surface area contributed by atoms with E-state index in [4.69, 9.17) is 4.74 Å². The second-order valence-electron chi connectivity index (χ2n) is 9.78. The Morgan fingerprint density at radius 2 is 1.22 bits per heavy atom. The summed E-state index contributed by atoms with van der Waals surface area (Å²) >= 11 is 0. The number of carbonyl (C=O) groups excluding carboxylic acids is 2.